The summed E-state index contributed by atoms with van der Waals surface area (Å²) in [5, 5.41) is 0. The molecular formula is C9H14N2O3. The molecule has 1 fully saturated rings. The van der Waals surface area contributed by atoms with E-state index in [0.717, 1.165) is 6.42 Å². The summed E-state index contributed by atoms with van der Waals surface area (Å²) < 4.78 is 10.2. The zero-order valence-corrected chi connectivity index (χ0v) is 7.94. The van der Waals surface area contributed by atoms with Gasteiger partial charge in [0.1, 0.15) is 19.5 Å². The Labute approximate surface area is 82.4 Å². The Hall–Kier alpha value is -1.23. The van der Waals surface area contributed by atoms with E-state index in [0.29, 0.717) is 32.1 Å². The van der Waals surface area contributed by atoms with Gasteiger partial charge in [-0.25, -0.2) is 0 Å². The third-order valence-corrected chi connectivity index (χ3v) is 2.37. The van der Waals surface area contributed by atoms with Gasteiger partial charge in [0.15, 0.2) is 0 Å². The zero-order valence-electron chi connectivity index (χ0n) is 7.94. The van der Waals surface area contributed by atoms with Crippen LogP contribution in [0.5, 0.6) is 0 Å². The molecule has 0 spiro atoms. The first kappa shape index (κ1) is 9.33. The molecule has 1 amide bonds. The highest BCUT2D eigenvalue weighted by molar-refractivity contribution is 5.91. The molecule has 5 heteroatoms. The van der Waals surface area contributed by atoms with Gasteiger partial charge >= 0.3 is 0 Å². The Morgan fingerprint density at radius 3 is 3.00 bits per heavy atom. The van der Waals surface area contributed by atoms with Crippen molar-refractivity contribution >= 4 is 5.91 Å². The van der Waals surface area contributed by atoms with Crippen molar-refractivity contribution in [3.8, 4) is 0 Å². The summed E-state index contributed by atoms with van der Waals surface area (Å²) >= 11 is 0. The third-order valence-electron chi connectivity index (χ3n) is 2.37. The average Bonchev–Trinajstić information content (AvgIpc) is 2.65. The Balaban J connectivity index is 1.97. The molecular weight excluding hydrogens is 184 g/mol. The van der Waals surface area contributed by atoms with E-state index in [1.54, 1.807) is 4.90 Å². The van der Waals surface area contributed by atoms with Gasteiger partial charge in [-0.1, -0.05) is 0 Å². The monoisotopic (exact) mass is 198 g/mol. The van der Waals surface area contributed by atoms with Crippen LogP contribution in [-0.2, 0) is 14.3 Å². The van der Waals surface area contributed by atoms with Crippen LogP contribution in [0.15, 0.2) is 12.0 Å². The minimum Gasteiger partial charge on any atom is -0.494 e. The average molecular weight is 198 g/mol. The highest BCUT2D eigenvalue weighted by Crippen LogP contribution is 2.13. The van der Waals surface area contributed by atoms with E-state index in [9.17, 15) is 4.79 Å². The number of carbonyl (C=O) groups excluding carboxylic acids is 1. The summed E-state index contributed by atoms with van der Waals surface area (Å²) in [4.78, 5) is 13.4. The maximum Gasteiger partial charge on any atom is 0.292 e. The maximum atomic E-state index is 11.7. The lowest BCUT2D eigenvalue weighted by molar-refractivity contribution is -0.131. The molecule has 14 heavy (non-hydrogen) atoms. The standard InChI is InChI=1S/C9H14N2O3/c10-7-1-2-11(5-7)9(12)8-6-13-3-4-14-8/h6-7H,1-5,10H2. The first-order valence-electron chi connectivity index (χ1n) is 4.77. The van der Waals surface area contributed by atoms with E-state index in [2.05, 4.69) is 0 Å². The fourth-order valence-corrected chi connectivity index (χ4v) is 1.61. The lowest BCUT2D eigenvalue weighted by atomic mass is 10.3. The summed E-state index contributed by atoms with van der Waals surface area (Å²) in [6.45, 7) is 2.27. The molecule has 0 bridgehead atoms. The van der Waals surface area contributed by atoms with Crippen molar-refractivity contribution in [2.24, 2.45) is 5.73 Å². The first-order chi connectivity index (χ1) is 6.77. The molecule has 2 aliphatic rings. The lowest BCUT2D eigenvalue weighted by Gasteiger charge is -2.20. The molecule has 0 aromatic heterocycles. The van der Waals surface area contributed by atoms with Gasteiger partial charge in [0.2, 0.25) is 5.76 Å². The molecule has 1 unspecified atom stereocenters. The van der Waals surface area contributed by atoms with Crippen LogP contribution in [0.2, 0.25) is 0 Å². The number of nitrogens with zero attached hydrogens (tertiary/aromatic N) is 1. The molecule has 78 valence electrons. The lowest BCUT2D eigenvalue weighted by Crippen LogP contribution is -2.34. The van der Waals surface area contributed by atoms with E-state index in [1.807, 2.05) is 0 Å². The van der Waals surface area contributed by atoms with E-state index >= 15 is 0 Å². The summed E-state index contributed by atoms with van der Waals surface area (Å²) in [5.41, 5.74) is 5.71. The highest BCUT2D eigenvalue weighted by atomic mass is 16.6. The van der Waals surface area contributed by atoms with Crippen molar-refractivity contribution in [1.29, 1.82) is 0 Å². The van der Waals surface area contributed by atoms with E-state index in [-0.39, 0.29) is 11.9 Å². The van der Waals surface area contributed by atoms with E-state index in [1.165, 1.54) is 6.26 Å². The number of hydrogen-bond acceptors (Lipinski definition) is 4. The molecule has 2 N–H and O–H groups in total. The second-order valence-electron chi connectivity index (χ2n) is 3.50. The van der Waals surface area contributed by atoms with Gasteiger partial charge in [-0.3, -0.25) is 4.79 Å². The van der Waals surface area contributed by atoms with Crippen molar-refractivity contribution in [2.45, 2.75) is 12.5 Å². The van der Waals surface area contributed by atoms with Gasteiger partial charge in [-0.05, 0) is 6.42 Å². The van der Waals surface area contributed by atoms with Gasteiger partial charge in [-0.2, -0.15) is 0 Å². The molecule has 2 aliphatic heterocycles. The Kier molecular flexibility index (Phi) is 2.58. The minimum atomic E-state index is -0.113. The maximum absolute atomic E-state index is 11.7. The van der Waals surface area contributed by atoms with Gasteiger partial charge in [0, 0.05) is 19.1 Å². The minimum absolute atomic E-state index is 0.101. The predicted octanol–water partition coefficient (Wildman–Crippen LogP) is -0.566. The molecule has 0 aromatic rings. The topological polar surface area (TPSA) is 64.8 Å². The van der Waals surface area contributed by atoms with Crippen molar-refractivity contribution in [3.05, 3.63) is 12.0 Å². The first-order valence-corrected chi connectivity index (χ1v) is 4.77. The Bertz CT molecular complexity index is 265. The van der Waals surface area contributed by atoms with Crippen molar-refractivity contribution in [1.82, 2.24) is 4.90 Å². The highest BCUT2D eigenvalue weighted by Gasteiger charge is 2.27. The molecule has 2 heterocycles. The number of rotatable bonds is 1. The molecule has 0 aromatic carbocycles. The molecule has 5 nitrogen and oxygen atoms in total. The largest absolute Gasteiger partial charge is 0.494 e. The Morgan fingerprint density at radius 2 is 2.43 bits per heavy atom. The second kappa shape index (κ2) is 3.88. The van der Waals surface area contributed by atoms with E-state index in [4.69, 9.17) is 15.2 Å². The van der Waals surface area contributed by atoms with E-state index < -0.39 is 0 Å². The number of likely N-dealkylation sites (tertiary alicyclic amines) is 1. The van der Waals surface area contributed by atoms with Crippen LogP contribution >= 0.6 is 0 Å². The molecule has 0 radical (unpaired) electrons. The van der Waals surface area contributed by atoms with Crippen LogP contribution in [0.4, 0.5) is 0 Å². The number of amides is 1. The predicted molar refractivity (Wildman–Crippen MR) is 49.2 cm³/mol. The van der Waals surface area contributed by atoms with Crippen molar-refractivity contribution < 1.29 is 14.3 Å². The number of hydrogen-bond donors (Lipinski definition) is 1. The molecule has 1 atom stereocenters. The van der Waals surface area contributed by atoms with Crippen molar-refractivity contribution in [2.75, 3.05) is 26.3 Å². The van der Waals surface area contributed by atoms with Gasteiger partial charge < -0.3 is 20.1 Å². The summed E-state index contributed by atoms with van der Waals surface area (Å²) in [7, 11) is 0. The molecule has 0 saturated carbocycles. The molecule has 0 aliphatic carbocycles. The van der Waals surface area contributed by atoms with Crippen LogP contribution in [0.3, 0.4) is 0 Å². The molecule has 1 saturated heterocycles. The zero-order chi connectivity index (χ0) is 9.97. The summed E-state index contributed by atoms with van der Waals surface area (Å²) in [5.74, 6) is 0.183. The number of carbonyl (C=O) groups is 1. The fraction of sp³-hybridized carbons (Fsp3) is 0.667. The quantitative estimate of drug-likeness (QED) is 0.613. The second-order valence-corrected chi connectivity index (χ2v) is 3.50. The number of ether oxygens (including phenoxy) is 2. The third kappa shape index (κ3) is 1.82. The van der Waals surface area contributed by atoms with Crippen LogP contribution in [0.1, 0.15) is 6.42 Å². The molecule has 2 rings (SSSR count). The fourth-order valence-electron chi connectivity index (χ4n) is 1.61. The van der Waals surface area contributed by atoms with Gasteiger partial charge in [0.25, 0.3) is 5.91 Å². The summed E-state index contributed by atoms with van der Waals surface area (Å²) in [6.07, 6.45) is 2.25. The van der Waals surface area contributed by atoms with Gasteiger partial charge in [0.05, 0.1) is 0 Å². The van der Waals surface area contributed by atoms with Crippen LogP contribution in [0, 0.1) is 0 Å². The SMILES string of the molecule is NC1CCN(C(=O)C2=COCCO2)C1. The normalized spacial score (nSPS) is 26.5. The van der Waals surface area contributed by atoms with Crippen LogP contribution < -0.4 is 5.73 Å². The summed E-state index contributed by atoms with van der Waals surface area (Å²) in [6, 6.07) is 0.101. The van der Waals surface area contributed by atoms with Crippen LogP contribution in [0.25, 0.3) is 0 Å². The number of nitrogens with two attached hydrogens (primary N) is 1. The van der Waals surface area contributed by atoms with Crippen molar-refractivity contribution in [3.63, 3.8) is 0 Å². The smallest absolute Gasteiger partial charge is 0.292 e. The Morgan fingerprint density at radius 1 is 1.57 bits per heavy atom. The van der Waals surface area contributed by atoms with Gasteiger partial charge in [-0.15, -0.1) is 0 Å². The van der Waals surface area contributed by atoms with Crippen LogP contribution in [-0.4, -0.2) is 43.2 Å².